The summed E-state index contributed by atoms with van der Waals surface area (Å²) in [4.78, 5) is 9.75. The molecule has 0 saturated heterocycles. The van der Waals surface area contributed by atoms with Gasteiger partial charge in [-0.1, -0.05) is 6.07 Å². The summed E-state index contributed by atoms with van der Waals surface area (Å²) < 4.78 is 19.1. The van der Waals surface area contributed by atoms with E-state index in [-0.39, 0.29) is 5.82 Å². The Kier molecular flexibility index (Phi) is 5.96. The number of rotatable bonds is 6. The maximum atomic E-state index is 13.2. The highest BCUT2D eigenvalue weighted by Gasteiger charge is 2.11. The Balaban J connectivity index is 2.17. The first-order chi connectivity index (χ1) is 10.1. The first-order valence-corrected chi connectivity index (χ1v) is 8.02. The molecule has 0 fully saturated rings. The van der Waals surface area contributed by atoms with Crippen LogP contribution in [-0.4, -0.2) is 24.1 Å². The van der Waals surface area contributed by atoms with Crippen LogP contribution in [0.15, 0.2) is 33.6 Å². The zero-order valence-electron chi connectivity index (χ0n) is 11.7. The van der Waals surface area contributed by atoms with E-state index in [1.54, 1.807) is 20.2 Å². The molecule has 0 atom stereocenters. The minimum Gasteiger partial charge on any atom is -0.378 e. The van der Waals surface area contributed by atoms with Gasteiger partial charge < -0.3 is 10.1 Å². The fraction of sp³-hybridized carbons (Fsp3) is 0.286. The molecule has 7 heteroatoms. The van der Waals surface area contributed by atoms with Crippen LogP contribution in [-0.2, 0) is 17.1 Å². The van der Waals surface area contributed by atoms with Gasteiger partial charge in [-0.05, 0) is 34.1 Å². The van der Waals surface area contributed by atoms with Crippen molar-refractivity contribution in [1.29, 1.82) is 0 Å². The van der Waals surface area contributed by atoms with Crippen LogP contribution in [0.25, 0.3) is 0 Å². The number of thioether (sulfide) groups is 1. The zero-order chi connectivity index (χ0) is 15.2. The lowest BCUT2D eigenvalue weighted by molar-refractivity contribution is 0.180. The quantitative estimate of drug-likeness (QED) is 0.781. The molecule has 0 spiro atoms. The topological polar surface area (TPSA) is 47.0 Å². The van der Waals surface area contributed by atoms with Crippen LogP contribution in [0.5, 0.6) is 0 Å². The number of ether oxygens (including phenoxy) is 1. The molecule has 2 rings (SSSR count). The molecule has 2 aromatic rings. The fourth-order valence-electron chi connectivity index (χ4n) is 1.71. The zero-order valence-corrected chi connectivity index (χ0v) is 14.1. The fourth-order valence-corrected chi connectivity index (χ4v) is 3.00. The van der Waals surface area contributed by atoms with Gasteiger partial charge in [0, 0.05) is 19.1 Å². The standard InChI is InChI=1S/C14H15BrFN3OS/c1-17-14-13(15)11(7-20-2)18-12(19-14)8-21-10-5-3-4-9(16)6-10/h3-6H,7-8H2,1-2H3,(H,17,18,19). The maximum absolute atomic E-state index is 13.2. The number of hydrogen-bond acceptors (Lipinski definition) is 5. The third kappa shape index (κ3) is 4.39. The molecular formula is C14H15BrFN3OS. The molecule has 0 radical (unpaired) electrons. The molecular weight excluding hydrogens is 357 g/mol. The molecule has 0 aliphatic heterocycles. The van der Waals surface area contributed by atoms with E-state index in [1.807, 2.05) is 6.07 Å². The van der Waals surface area contributed by atoms with Crippen LogP contribution in [0, 0.1) is 5.82 Å². The molecule has 1 heterocycles. The predicted octanol–water partition coefficient (Wildman–Crippen LogP) is 3.86. The Bertz CT molecular complexity index is 627. The average molecular weight is 372 g/mol. The van der Waals surface area contributed by atoms with Gasteiger partial charge in [0.05, 0.1) is 22.5 Å². The molecule has 1 aromatic heterocycles. The Hall–Kier alpha value is -1.18. The van der Waals surface area contributed by atoms with Crippen molar-refractivity contribution in [1.82, 2.24) is 9.97 Å². The molecule has 21 heavy (non-hydrogen) atoms. The minimum absolute atomic E-state index is 0.243. The molecule has 1 N–H and O–H groups in total. The predicted molar refractivity (Wildman–Crippen MR) is 86.0 cm³/mol. The van der Waals surface area contributed by atoms with Crippen molar-refractivity contribution >= 4 is 33.5 Å². The first-order valence-electron chi connectivity index (χ1n) is 6.24. The van der Waals surface area contributed by atoms with E-state index in [4.69, 9.17) is 4.74 Å². The highest BCUT2D eigenvalue weighted by Crippen LogP contribution is 2.27. The Morgan fingerprint density at radius 2 is 2.19 bits per heavy atom. The van der Waals surface area contributed by atoms with Gasteiger partial charge in [0.2, 0.25) is 0 Å². The van der Waals surface area contributed by atoms with Gasteiger partial charge >= 0.3 is 0 Å². The molecule has 0 amide bonds. The number of halogens is 2. The number of anilines is 1. The van der Waals surface area contributed by atoms with Gasteiger partial charge in [0.15, 0.2) is 0 Å². The lowest BCUT2D eigenvalue weighted by Gasteiger charge is -2.10. The van der Waals surface area contributed by atoms with Crippen LogP contribution in [0.4, 0.5) is 10.2 Å². The van der Waals surface area contributed by atoms with E-state index in [2.05, 4.69) is 31.2 Å². The van der Waals surface area contributed by atoms with Gasteiger partial charge in [-0.15, -0.1) is 11.8 Å². The van der Waals surface area contributed by atoms with Crippen LogP contribution < -0.4 is 5.32 Å². The molecule has 0 aliphatic carbocycles. The largest absolute Gasteiger partial charge is 0.378 e. The summed E-state index contributed by atoms with van der Waals surface area (Å²) in [5, 5.41) is 3.02. The number of hydrogen-bond donors (Lipinski definition) is 1. The van der Waals surface area contributed by atoms with Gasteiger partial charge in [-0.25, -0.2) is 14.4 Å². The molecule has 4 nitrogen and oxygen atoms in total. The van der Waals surface area contributed by atoms with Gasteiger partial charge in [0.1, 0.15) is 17.5 Å². The van der Waals surface area contributed by atoms with E-state index in [1.165, 1.54) is 23.9 Å². The van der Waals surface area contributed by atoms with Crippen LogP contribution in [0.2, 0.25) is 0 Å². The second kappa shape index (κ2) is 7.72. The molecule has 0 saturated carbocycles. The summed E-state index contributed by atoms with van der Waals surface area (Å²) in [6.07, 6.45) is 0. The van der Waals surface area contributed by atoms with E-state index in [0.29, 0.717) is 24.0 Å². The van der Waals surface area contributed by atoms with Crippen LogP contribution in [0.3, 0.4) is 0 Å². The average Bonchev–Trinajstić information content (AvgIpc) is 2.48. The van der Waals surface area contributed by atoms with Crippen molar-refractivity contribution in [2.24, 2.45) is 0 Å². The third-order valence-corrected chi connectivity index (χ3v) is 4.47. The van der Waals surface area contributed by atoms with Gasteiger partial charge in [0.25, 0.3) is 0 Å². The van der Waals surface area contributed by atoms with E-state index in [9.17, 15) is 4.39 Å². The van der Waals surface area contributed by atoms with E-state index in [0.717, 1.165) is 15.1 Å². The number of aromatic nitrogens is 2. The molecule has 0 unspecified atom stereocenters. The van der Waals surface area contributed by atoms with Crippen molar-refractivity contribution in [2.45, 2.75) is 17.3 Å². The second-order valence-electron chi connectivity index (χ2n) is 4.18. The van der Waals surface area contributed by atoms with Crippen molar-refractivity contribution < 1.29 is 9.13 Å². The van der Waals surface area contributed by atoms with Gasteiger partial charge in [-0.3, -0.25) is 0 Å². The Labute approximate surface area is 135 Å². The van der Waals surface area contributed by atoms with Crippen molar-refractivity contribution in [3.05, 3.63) is 46.1 Å². The highest BCUT2D eigenvalue weighted by molar-refractivity contribution is 9.10. The smallest absolute Gasteiger partial charge is 0.144 e. The van der Waals surface area contributed by atoms with Crippen molar-refractivity contribution in [3.8, 4) is 0 Å². The van der Waals surface area contributed by atoms with Crippen molar-refractivity contribution in [3.63, 3.8) is 0 Å². The maximum Gasteiger partial charge on any atom is 0.144 e. The normalized spacial score (nSPS) is 10.7. The monoisotopic (exact) mass is 371 g/mol. The summed E-state index contributed by atoms with van der Waals surface area (Å²) in [5.74, 6) is 1.70. The molecule has 0 bridgehead atoms. The number of nitrogens with zero attached hydrogens (tertiary/aromatic N) is 2. The van der Waals surface area contributed by atoms with Crippen LogP contribution >= 0.6 is 27.7 Å². The minimum atomic E-state index is -0.243. The number of methoxy groups -OCH3 is 1. The highest BCUT2D eigenvalue weighted by atomic mass is 79.9. The van der Waals surface area contributed by atoms with Gasteiger partial charge in [-0.2, -0.15) is 0 Å². The lowest BCUT2D eigenvalue weighted by Crippen LogP contribution is -2.06. The first kappa shape index (κ1) is 16.2. The Morgan fingerprint density at radius 3 is 2.86 bits per heavy atom. The molecule has 112 valence electrons. The van der Waals surface area contributed by atoms with E-state index >= 15 is 0 Å². The third-order valence-electron chi connectivity index (χ3n) is 2.65. The van der Waals surface area contributed by atoms with Crippen LogP contribution in [0.1, 0.15) is 11.5 Å². The number of nitrogens with one attached hydrogen (secondary N) is 1. The SMILES string of the molecule is CNc1nc(CSc2cccc(F)c2)nc(COC)c1Br. The van der Waals surface area contributed by atoms with Crippen molar-refractivity contribution in [2.75, 3.05) is 19.5 Å². The summed E-state index contributed by atoms with van der Waals surface area (Å²) in [5.41, 5.74) is 0.784. The summed E-state index contributed by atoms with van der Waals surface area (Å²) in [6.45, 7) is 0.398. The second-order valence-corrected chi connectivity index (χ2v) is 6.02. The van der Waals surface area contributed by atoms with E-state index < -0.39 is 0 Å². The number of benzene rings is 1. The molecule has 0 aliphatic rings. The Morgan fingerprint density at radius 1 is 1.38 bits per heavy atom. The summed E-state index contributed by atoms with van der Waals surface area (Å²) >= 11 is 4.95. The molecule has 1 aromatic carbocycles. The summed E-state index contributed by atoms with van der Waals surface area (Å²) in [6, 6.07) is 6.48. The lowest BCUT2D eigenvalue weighted by atomic mass is 10.3. The summed E-state index contributed by atoms with van der Waals surface area (Å²) in [7, 11) is 3.42.